The summed E-state index contributed by atoms with van der Waals surface area (Å²) in [5.74, 6) is -0.118. The SMILES string of the molecule is C=CCC[Se][C@@H]1[C@@H]([C@@H](C)O)C(=O)N1CC(=C)C. The maximum absolute atomic E-state index is 11.9. The van der Waals surface area contributed by atoms with E-state index in [1.165, 1.54) is 0 Å². The predicted octanol–water partition coefficient (Wildman–Crippen LogP) is 1.43. The maximum atomic E-state index is 11.9. The molecular weight excluding hydrogens is 281 g/mol. The van der Waals surface area contributed by atoms with Gasteiger partial charge in [0.15, 0.2) is 0 Å². The fourth-order valence-corrected chi connectivity index (χ4v) is 4.97. The van der Waals surface area contributed by atoms with Crippen molar-refractivity contribution in [2.45, 2.75) is 36.6 Å². The Labute approximate surface area is 110 Å². The number of allylic oxidation sites excluding steroid dienone is 1. The van der Waals surface area contributed by atoms with Crippen molar-refractivity contribution in [1.82, 2.24) is 4.90 Å². The van der Waals surface area contributed by atoms with Crippen molar-refractivity contribution in [3.05, 3.63) is 24.8 Å². The molecule has 1 aliphatic heterocycles. The molecule has 1 heterocycles. The van der Waals surface area contributed by atoms with Crippen molar-refractivity contribution in [3.63, 3.8) is 0 Å². The van der Waals surface area contributed by atoms with E-state index in [0.717, 1.165) is 17.3 Å². The number of amides is 1. The average molecular weight is 302 g/mol. The molecule has 3 nitrogen and oxygen atoms in total. The molecule has 1 N–H and O–H groups in total. The van der Waals surface area contributed by atoms with Gasteiger partial charge < -0.3 is 0 Å². The Hall–Kier alpha value is -0.571. The molecule has 0 aromatic carbocycles. The van der Waals surface area contributed by atoms with Crippen LogP contribution in [0, 0.1) is 5.92 Å². The molecule has 0 spiro atoms. The summed E-state index contributed by atoms with van der Waals surface area (Å²) in [6.07, 6.45) is 2.35. The van der Waals surface area contributed by atoms with E-state index in [0.29, 0.717) is 21.5 Å². The van der Waals surface area contributed by atoms with Crippen LogP contribution in [0.3, 0.4) is 0 Å². The number of hydrogen-bond acceptors (Lipinski definition) is 2. The van der Waals surface area contributed by atoms with Crippen molar-refractivity contribution < 1.29 is 9.90 Å². The molecule has 0 aromatic heterocycles. The van der Waals surface area contributed by atoms with E-state index in [4.69, 9.17) is 0 Å². The molecule has 96 valence electrons. The van der Waals surface area contributed by atoms with E-state index in [1.807, 2.05) is 17.9 Å². The van der Waals surface area contributed by atoms with Crippen LogP contribution in [0.2, 0.25) is 5.32 Å². The van der Waals surface area contributed by atoms with Gasteiger partial charge in [0.2, 0.25) is 0 Å². The average Bonchev–Trinajstić information content (AvgIpc) is 2.24. The van der Waals surface area contributed by atoms with Crippen LogP contribution >= 0.6 is 0 Å². The first-order valence-electron chi connectivity index (χ1n) is 5.84. The summed E-state index contributed by atoms with van der Waals surface area (Å²) in [5.41, 5.74) is 0.993. The van der Waals surface area contributed by atoms with E-state index in [-0.39, 0.29) is 16.8 Å². The third-order valence-electron chi connectivity index (χ3n) is 2.75. The zero-order valence-electron chi connectivity index (χ0n) is 10.6. The van der Waals surface area contributed by atoms with Gasteiger partial charge in [-0.25, -0.2) is 0 Å². The topological polar surface area (TPSA) is 40.5 Å². The monoisotopic (exact) mass is 303 g/mol. The number of aliphatic hydroxyl groups is 1. The summed E-state index contributed by atoms with van der Waals surface area (Å²) in [7, 11) is 0. The second kappa shape index (κ2) is 6.39. The van der Waals surface area contributed by atoms with Crippen molar-refractivity contribution in [1.29, 1.82) is 0 Å². The number of likely N-dealkylation sites (tertiary alicyclic amines) is 1. The molecule has 1 rings (SSSR count). The van der Waals surface area contributed by atoms with E-state index >= 15 is 0 Å². The molecule has 1 aliphatic rings. The summed E-state index contributed by atoms with van der Waals surface area (Å²) in [6, 6.07) is 0. The van der Waals surface area contributed by atoms with Crippen LogP contribution in [-0.4, -0.2) is 48.5 Å². The van der Waals surface area contributed by atoms with Gasteiger partial charge in [-0.05, 0) is 0 Å². The summed E-state index contributed by atoms with van der Waals surface area (Å²) < 4.78 is 0. The minimum absolute atomic E-state index is 0.0773. The van der Waals surface area contributed by atoms with E-state index in [9.17, 15) is 9.90 Å². The summed E-state index contributed by atoms with van der Waals surface area (Å²) in [5, 5.41) is 10.7. The third-order valence-corrected chi connectivity index (χ3v) is 5.61. The van der Waals surface area contributed by atoms with Crippen LogP contribution in [0.15, 0.2) is 24.8 Å². The summed E-state index contributed by atoms with van der Waals surface area (Å²) in [4.78, 5) is 14.0. The van der Waals surface area contributed by atoms with Gasteiger partial charge in [0.25, 0.3) is 0 Å². The van der Waals surface area contributed by atoms with Crippen LogP contribution in [-0.2, 0) is 4.79 Å². The third kappa shape index (κ3) is 3.44. The molecule has 0 bridgehead atoms. The van der Waals surface area contributed by atoms with Gasteiger partial charge in [-0.3, -0.25) is 0 Å². The number of β-lactam (4-membered cyclic amide) rings is 1. The van der Waals surface area contributed by atoms with Crippen molar-refractivity contribution >= 4 is 20.9 Å². The summed E-state index contributed by atoms with van der Waals surface area (Å²) >= 11 is 0.346. The van der Waals surface area contributed by atoms with Crippen LogP contribution in [0.1, 0.15) is 20.3 Å². The molecule has 3 atom stereocenters. The first kappa shape index (κ1) is 14.5. The Morgan fingerprint density at radius 1 is 1.71 bits per heavy atom. The molecule has 4 heteroatoms. The van der Waals surface area contributed by atoms with E-state index in [2.05, 4.69) is 13.2 Å². The Morgan fingerprint density at radius 2 is 2.35 bits per heavy atom. The molecule has 17 heavy (non-hydrogen) atoms. The quantitative estimate of drug-likeness (QED) is 0.334. The Balaban J connectivity index is 2.60. The molecule has 1 saturated heterocycles. The standard InChI is InChI=1S/C13H21NO2Se/c1-5-6-7-17-13-11(10(4)15)12(16)14(13)8-9(2)3/h5,10-11,13,15H,1-2,6-8H2,3-4H3/t10-,11+,13-/m1/s1. The van der Waals surface area contributed by atoms with Gasteiger partial charge in [0.05, 0.1) is 0 Å². The zero-order valence-corrected chi connectivity index (χ0v) is 12.3. The van der Waals surface area contributed by atoms with Crippen LogP contribution in [0.25, 0.3) is 0 Å². The zero-order chi connectivity index (χ0) is 13.0. The van der Waals surface area contributed by atoms with Gasteiger partial charge >= 0.3 is 110 Å². The van der Waals surface area contributed by atoms with Crippen molar-refractivity contribution in [3.8, 4) is 0 Å². The Bertz CT molecular complexity index is 315. The molecule has 1 amide bonds. The van der Waals surface area contributed by atoms with Crippen LogP contribution in [0.4, 0.5) is 0 Å². The number of hydrogen-bond donors (Lipinski definition) is 1. The number of aliphatic hydroxyl groups excluding tert-OH is 1. The molecule has 0 unspecified atom stereocenters. The first-order valence-corrected chi connectivity index (χ1v) is 8.04. The second-order valence-corrected chi connectivity index (χ2v) is 7.10. The molecule has 0 radical (unpaired) electrons. The Morgan fingerprint density at radius 3 is 2.82 bits per heavy atom. The van der Waals surface area contributed by atoms with Gasteiger partial charge in [-0.1, -0.05) is 0 Å². The second-order valence-electron chi connectivity index (χ2n) is 4.53. The molecule has 0 saturated carbocycles. The van der Waals surface area contributed by atoms with Gasteiger partial charge in [0, 0.05) is 0 Å². The molecule has 0 aromatic rings. The molecule has 0 aliphatic carbocycles. The van der Waals surface area contributed by atoms with E-state index < -0.39 is 6.10 Å². The number of nitrogens with zero attached hydrogens (tertiary/aromatic N) is 1. The number of carbonyl (C=O) groups excluding carboxylic acids is 1. The van der Waals surface area contributed by atoms with Crippen molar-refractivity contribution in [2.24, 2.45) is 5.92 Å². The van der Waals surface area contributed by atoms with Gasteiger partial charge in [0.1, 0.15) is 0 Å². The minimum atomic E-state index is -0.542. The molecule has 1 fully saturated rings. The van der Waals surface area contributed by atoms with Crippen molar-refractivity contribution in [2.75, 3.05) is 6.54 Å². The number of rotatable bonds is 7. The molecular formula is C13H21NO2Se. The van der Waals surface area contributed by atoms with Crippen LogP contribution < -0.4 is 0 Å². The number of carbonyl (C=O) groups is 1. The normalized spacial score (nSPS) is 25.4. The van der Waals surface area contributed by atoms with Gasteiger partial charge in [-0.15, -0.1) is 0 Å². The fourth-order valence-electron chi connectivity index (χ4n) is 1.92. The summed E-state index contributed by atoms with van der Waals surface area (Å²) in [6.45, 7) is 11.8. The van der Waals surface area contributed by atoms with Crippen LogP contribution in [0.5, 0.6) is 0 Å². The van der Waals surface area contributed by atoms with E-state index in [1.54, 1.807) is 6.92 Å². The Kier molecular flexibility index (Phi) is 5.44. The predicted molar refractivity (Wildman–Crippen MR) is 70.9 cm³/mol. The first-order chi connectivity index (χ1) is 7.99. The fraction of sp³-hybridized carbons (Fsp3) is 0.615. The van der Waals surface area contributed by atoms with Gasteiger partial charge in [-0.2, -0.15) is 0 Å².